The number of carbonyl (C=O) groups is 1. The van der Waals surface area contributed by atoms with Gasteiger partial charge in [-0.25, -0.2) is 0 Å². The summed E-state index contributed by atoms with van der Waals surface area (Å²) in [7, 11) is 0. The number of nitrogens with two attached hydrogens (primary N) is 1. The van der Waals surface area contributed by atoms with Crippen molar-refractivity contribution in [2.45, 2.75) is 103 Å². The second kappa shape index (κ2) is 16.7. The number of unbranched alkanes of at least 4 members (excludes halogenated alkanes) is 11. The molecule has 120 valence electrons. The van der Waals surface area contributed by atoms with Gasteiger partial charge in [-0.3, -0.25) is 4.79 Å². The topological polar surface area (TPSA) is 43.1 Å². The summed E-state index contributed by atoms with van der Waals surface area (Å²) in [4.78, 5) is 11.7. The molecule has 0 amide bonds. The molecule has 2 heteroatoms. The largest absolute Gasteiger partial charge is 0.330 e. The van der Waals surface area contributed by atoms with E-state index in [1.807, 2.05) is 0 Å². The summed E-state index contributed by atoms with van der Waals surface area (Å²) >= 11 is 0. The Bertz CT molecular complexity index is 204. The van der Waals surface area contributed by atoms with Gasteiger partial charge in [-0.2, -0.15) is 0 Å². The molecule has 0 heterocycles. The van der Waals surface area contributed by atoms with Gasteiger partial charge < -0.3 is 5.73 Å². The maximum atomic E-state index is 11.7. The van der Waals surface area contributed by atoms with Crippen LogP contribution in [0.5, 0.6) is 0 Å². The average molecular weight is 283 g/mol. The minimum absolute atomic E-state index is 0.481. The lowest BCUT2D eigenvalue weighted by atomic mass is 10.0. The maximum Gasteiger partial charge on any atom is 0.132 e. The molecule has 0 aromatic rings. The average Bonchev–Trinajstić information content (AvgIpc) is 2.45. The van der Waals surface area contributed by atoms with Crippen LogP contribution >= 0.6 is 0 Å². The molecule has 0 saturated carbocycles. The highest BCUT2D eigenvalue weighted by Gasteiger charge is 2.01. The van der Waals surface area contributed by atoms with Crippen LogP contribution in [-0.4, -0.2) is 12.3 Å². The monoisotopic (exact) mass is 283 g/mol. The van der Waals surface area contributed by atoms with Crippen molar-refractivity contribution in [2.75, 3.05) is 6.54 Å². The number of hydrogen-bond acceptors (Lipinski definition) is 2. The number of hydrogen-bond donors (Lipinski definition) is 1. The van der Waals surface area contributed by atoms with E-state index >= 15 is 0 Å². The van der Waals surface area contributed by atoms with Crippen LogP contribution in [0.1, 0.15) is 103 Å². The third-order valence-electron chi connectivity index (χ3n) is 3.97. The minimum atomic E-state index is 0.481. The maximum absolute atomic E-state index is 11.7. The lowest BCUT2D eigenvalue weighted by Gasteiger charge is -2.03. The predicted molar refractivity (Wildman–Crippen MR) is 89.0 cm³/mol. The first-order valence-electron chi connectivity index (χ1n) is 9.03. The zero-order valence-corrected chi connectivity index (χ0v) is 13.8. The predicted octanol–water partition coefficient (Wildman–Crippen LogP) is 5.39. The van der Waals surface area contributed by atoms with Gasteiger partial charge in [0.25, 0.3) is 0 Å². The van der Waals surface area contributed by atoms with Gasteiger partial charge in [0.2, 0.25) is 0 Å². The molecule has 0 fully saturated rings. The molecule has 0 aliphatic carbocycles. The first-order valence-corrected chi connectivity index (χ1v) is 9.03. The van der Waals surface area contributed by atoms with Crippen LogP contribution in [0, 0.1) is 0 Å². The number of ketones is 1. The molecule has 0 aromatic heterocycles. The molecule has 0 unspecified atom stereocenters. The van der Waals surface area contributed by atoms with E-state index in [1.54, 1.807) is 0 Å². The van der Waals surface area contributed by atoms with E-state index in [1.165, 1.54) is 64.2 Å². The quantitative estimate of drug-likeness (QED) is 0.386. The lowest BCUT2D eigenvalue weighted by Crippen LogP contribution is -1.99. The van der Waals surface area contributed by atoms with Gasteiger partial charge in [0.1, 0.15) is 5.78 Å². The minimum Gasteiger partial charge on any atom is -0.330 e. The van der Waals surface area contributed by atoms with Crippen LogP contribution in [0.2, 0.25) is 0 Å². The zero-order valence-electron chi connectivity index (χ0n) is 13.8. The second-order valence-corrected chi connectivity index (χ2v) is 6.07. The molecular formula is C18H37NO. The van der Waals surface area contributed by atoms with E-state index in [0.29, 0.717) is 5.78 Å². The van der Waals surface area contributed by atoms with Crippen molar-refractivity contribution >= 4 is 5.78 Å². The normalized spacial score (nSPS) is 10.9. The van der Waals surface area contributed by atoms with Gasteiger partial charge in [-0.15, -0.1) is 0 Å². The summed E-state index contributed by atoms with van der Waals surface area (Å²) < 4.78 is 0. The Balaban J connectivity index is 3.12. The number of Topliss-reactive ketones (excluding diaryl/α,β-unsaturated/α-hetero) is 1. The summed E-state index contributed by atoms with van der Waals surface area (Å²) in [6.45, 7) is 3.06. The van der Waals surface area contributed by atoms with Crippen molar-refractivity contribution in [3.63, 3.8) is 0 Å². The van der Waals surface area contributed by atoms with Gasteiger partial charge in [0.05, 0.1) is 0 Å². The highest BCUT2D eigenvalue weighted by molar-refractivity contribution is 5.78. The Labute approximate surface area is 126 Å². The molecule has 20 heavy (non-hydrogen) atoms. The van der Waals surface area contributed by atoms with E-state index in [-0.39, 0.29) is 0 Å². The standard InChI is InChI=1S/C18H37NO/c1-2-3-4-5-6-7-9-12-15-18(20)16-13-10-8-11-14-17-19/h2-17,19H2,1H3. The zero-order chi connectivity index (χ0) is 14.9. The first-order chi connectivity index (χ1) is 9.81. The SMILES string of the molecule is CCCCCCCCCCC(=O)CCCCCCCN. The number of carbonyl (C=O) groups excluding carboxylic acids is 1. The molecule has 0 atom stereocenters. The van der Waals surface area contributed by atoms with Crippen LogP contribution in [-0.2, 0) is 4.79 Å². The van der Waals surface area contributed by atoms with Gasteiger partial charge >= 0.3 is 0 Å². The van der Waals surface area contributed by atoms with Crippen molar-refractivity contribution in [3.05, 3.63) is 0 Å². The Morgan fingerprint density at radius 3 is 1.50 bits per heavy atom. The molecule has 0 aromatic carbocycles. The van der Waals surface area contributed by atoms with E-state index in [2.05, 4.69) is 6.92 Å². The molecule has 0 aliphatic heterocycles. The van der Waals surface area contributed by atoms with Crippen molar-refractivity contribution in [2.24, 2.45) is 5.73 Å². The molecule has 0 radical (unpaired) electrons. The van der Waals surface area contributed by atoms with Gasteiger partial charge in [-0.05, 0) is 25.8 Å². The molecule has 0 saturated heterocycles. The molecular weight excluding hydrogens is 246 g/mol. The van der Waals surface area contributed by atoms with Crippen LogP contribution in [0.15, 0.2) is 0 Å². The lowest BCUT2D eigenvalue weighted by molar-refractivity contribution is -0.119. The summed E-state index contributed by atoms with van der Waals surface area (Å²) in [6.07, 6.45) is 18.0. The Kier molecular flexibility index (Phi) is 16.4. The van der Waals surface area contributed by atoms with Gasteiger partial charge in [0.15, 0.2) is 0 Å². The fraction of sp³-hybridized carbons (Fsp3) is 0.944. The van der Waals surface area contributed by atoms with E-state index < -0.39 is 0 Å². The fourth-order valence-electron chi connectivity index (χ4n) is 2.58. The van der Waals surface area contributed by atoms with E-state index in [4.69, 9.17) is 5.73 Å². The molecule has 0 rings (SSSR count). The molecule has 0 aliphatic rings. The first kappa shape index (κ1) is 19.6. The summed E-state index contributed by atoms with van der Waals surface area (Å²) in [6, 6.07) is 0. The van der Waals surface area contributed by atoms with Crippen molar-refractivity contribution in [1.82, 2.24) is 0 Å². The summed E-state index contributed by atoms with van der Waals surface area (Å²) in [5.74, 6) is 0.481. The highest BCUT2D eigenvalue weighted by atomic mass is 16.1. The smallest absolute Gasteiger partial charge is 0.132 e. The molecule has 0 bridgehead atoms. The van der Waals surface area contributed by atoms with E-state index in [9.17, 15) is 4.79 Å². The summed E-state index contributed by atoms with van der Waals surface area (Å²) in [5, 5.41) is 0. The molecule has 0 spiro atoms. The Hall–Kier alpha value is -0.370. The Morgan fingerprint density at radius 1 is 0.650 bits per heavy atom. The van der Waals surface area contributed by atoms with Gasteiger partial charge in [0, 0.05) is 12.8 Å². The highest BCUT2D eigenvalue weighted by Crippen LogP contribution is 2.11. The van der Waals surface area contributed by atoms with Crippen LogP contribution < -0.4 is 5.73 Å². The number of rotatable bonds is 16. The van der Waals surface area contributed by atoms with Crippen LogP contribution in [0.4, 0.5) is 0 Å². The van der Waals surface area contributed by atoms with Gasteiger partial charge in [-0.1, -0.05) is 71.1 Å². The third kappa shape index (κ3) is 15.7. The van der Waals surface area contributed by atoms with Crippen molar-refractivity contribution in [1.29, 1.82) is 0 Å². The second-order valence-electron chi connectivity index (χ2n) is 6.07. The van der Waals surface area contributed by atoms with Crippen LogP contribution in [0.25, 0.3) is 0 Å². The third-order valence-corrected chi connectivity index (χ3v) is 3.97. The fourth-order valence-corrected chi connectivity index (χ4v) is 2.58. The Morgan fingerprint density at radius 2 is 1.05 bits per heavy atom. The molecule has 2 nitrogen and oxygen atoms in total. The molecule has 2 N–H and O–H groups in total. The van der Waals surface area contributed by atoms with Crippen molar-refractivity contribution < 1.29 is 4.79 Å². The van der Waals surface area contributed by atoms with Crippen LogP contribution in [0.3, 0.4) is 0 Å². The summed E-state index contributed by atoms with van der Waals surface area (Å²) in [5.41, 5.74) is 5.45. The van der Waals surface area contributed by atoms with Crippen molar-refractivity contribution in [3.8, 4) is 0 Å². The van der Waals surface area contributed by atoms with E-state index in [0.717, 1.165) is 38.6 Å².